The zero-order valence-electron chi connectivity index (χ0n) is 32.0. The van der Waals surface area contributed by atoms with Crippen LogP contribution >= 0.6 is 0 Å². The Bertz CT molecular complexity index is 279. The summed E-state index contributed by atoms with van der Waals surface area (Å²) in [5.41, 5.74) is 0. The number of hydrogen-bond donors (Lipinski definition) is 2. The number of hydrogen-bond acceptors (Lipinski definition) is 2. The first-order chi connectivity index (χ1) is 20.3. The Balaban J connectivity index is -0.0000000176. The van der Waals surface area contributed by atoms with Crippen LogP contribution in [0.4, 0.5) is 0 Å². The molecule has 2 heteroatoms. The molecule has 0 aromatic heterocycles. The molecule has 43 heavy (non-hydrogen) atoms. The summed E-state index contributed by atoms with van der Waals surface area (Å²) in [6, 6.07) is 0. The molecular formula is C41H84O2. The summed E-state index contributed by atoms with van der Waals surface area (Å²) in [5, 5.41) is 15.2. The van der Waals surface area contributed by atoms with Crippen molar-refractivity contribution >= 4 is 0 Å². The van der Waals surface area contributed by atoms with Crippen molar-refractivity contribution in [2.75, 3.05) is 13.2 Å². The first-order valence-electron chi connectivity index (χ1n) is 13.9. The second-order valence-electron chi connectivity index (χ2n) is 5.75. The van der Waals surface area contributed by atoms with Gasteiger partial charge in [-0.25, -0.2) is 0 Å². The summed E-state index contributed by atoms with van der Waals surface area (Å²) < 4.78 is 0. The Morgan fingerprint density at radius 1 is 0.233 bits per heavy atom. The van der Waals surface area contributed by atoms with Gasteiger partial charge in [-0.05, 0) is 90.0 Å². The minimum atomic E-state index is -0.125. The Hall–Kier alpha value is -3.46. The van der Waals surface area contributed by atoms with Crippen LogP contribution in [-0.2, 0) is 0 Å². The molecule has 0 aliphatic rings. The van der Waals surface area contributed by atoms with Crippen molar-refractivity contribution in [1.29, 1.82) is 0 Å². The predicted molar refractivity (Wildman–Crippen MR) is 220 cm³/mol. The molecule has 0 aliphatic heterocycles. The minimum Gasteiger partial charge on any atom is -0.394 e. The third-order valence-electron chi connectivity index (χ3n) is 0.1000. The maximum atomic E-state index is 7.62. The standard InChI is InChI=1S/13C3H6.C2H6O2/c13*1-3-2;3-1-2-4/h13*3H,1H2,2H3;3-4H,1-2H2. The van der Waals surface area contributed by atoms with E-state index in [2.05, 4.69) is 85.5 Å². The molecule has 0 fully saturated rings. The fourth-order valence-corrected chi connectivity index (χ4v) is 0. The van der Waals surface area contributed by atoms with Crippen molar-refractivity contribution in [3.8, 4) is 0 Å². The number of allylic oxidation sites excluding steroid dienone is 13. The fourth-order valence-electron chi connectivity index (χ4n) is 0. The van der Waals surface area contributed by atoms with Gasteiger partial charge in [-0.1, -0.05) is 79.0 Å². The Morgan fingerprint density at radius 3 is 0.256 bits per heavy atom. The zero-order chi connectivity index (χ0) is 38.6. The van der Waals surface area contributed by atoms with Crippen molar-refractivity contribution in [2.45, 2.75) is 90.0 Å². The van der Waals surface area contributed by atoms with Crippen LogP contribution in [0.2, 0.25) is 0 Å². The molecular weight excluding hydrogens is 524 g/mol. The van der Waals surface area contributed by atoms with Crippen LogP contribution in [0.3, 0.4) is 0 Å². The van der Waals surface area contributed by atoms with Crippen LogP contribution in [0.25, 0.3) is 0 Å². The highest BCUT2D eigenvalue weighted by Gasteiger charge is 1.58. The van der Waals surface area contributed by atoms with E-state index < -0.39 is 0 Å². The first kappa shape index (κ1) is 90.0. The van der Waals surface area contributed by atoms with E-state index >= 15 is 0 Å². The van der Waals surface area contributed by atoms with Gasteiger partial charge in [0.15, 0.2) is 0 Å². The SMILES string of the molecule is C=CC.C=CC.C=CC.C=CC.C=CC.C=CC.C=CC.C=CC.C=CC.C=CC.C=CC.C=CC.C=CC.OCCO. The summed E-state index contributed by atoms with van der Waals surface area (Å²) in [7, 11) is 0. The quantitative estimate of drug-likeness (QED) is 0.291. The number of aliphatic hydroxyl groups is 2. The van der Waals surface area contributed by atoms with E-state index in [0.717, 1.165) is 0 Å². The van der Waals surface area contributed by atoms with Crippen molar-refractivity contribution in [2.24, 2.45) is 0 Å². The molecule has 0 rings (SSSR count). The average molecular weight is 609 g/mol. The molecule has 2 N–H and O–H groups in total. The normalized spacial score (nSPS) is 4.63. The molecule has 0 bridgehead atoms. The maximum Gasteiger partial charge on any atom is 0.0662 e. The molecule has 0 amide bonds. The Morgan fingerprint density at radius 2 is 0.256 bits per heavy atom. The molecule has 0 spiro atoms. The lowest BCUT2D eigenvalue weighted by molar-refractivity contribution is 0.186. The topological polar surface area (TPSA) is 40.5 Å². The van der Waals surface area contributed by atoms with Gasteiger partial charge in [0.05, 0.1) is 13.2 Å². The third-order valence-corrected chi connectivity index (χ3v) is 0.1000. The monoisotopic (exact) mass is 609 g/mol. The molecule has 0 saturated carbocycles. The predicted octanol–water partition coefficient (Wildman–Crippen LogP) is 14.5. The van der Waals surface area contributed by atoms with Crippen molar-refractivity contribution < 1.29 is 10.2 Å². The highest BCUT2D eigenvalue weighted by atomic mass is 16.3. The van der Waals surface area contributed by atoms with Gasteiger partial charge in [-0.15, -0.1) is 85.5 Å². The number of rotatable bonds is 1. The second-order valence-corrected chi connectivity index (χ2v) is 5.75. The summed E-state index contributed by atoms with van der Waals surface area (Å²) in [5.74, 6) is 0. The molecule has 0 heterocycles. The van der Waals surface area contributed by atoms with Gasteiger partial charge in [-0.2, -0.15) is 0 Å². The highest BCUT2D eigenvalue weighted by molar-refractivity contribution is 4.55. The molecule has 0 saturated heterocycles. The molecule has 0 radical (unpaired) electrons. The largest absolute Gasteiger partial charge is 0.394 e. The van der Waals surface area contributed by atoms with E-state index in [1.165, 1.54) is 0 Å². The molecule has 0 aromatic rings. The van der Waals surface area contributed by atoms with Crippen LogP contribution < -0.4 is 0 Å². The minimum absolute atomic E-state index is 0.125. The van der Waals surface area contributed by atoms with E-state index in [1.54, 1.807) is 79.0 Å². The van der Waals surface area contributed by atoms with Gasteiger partial charge >= 0.3 is 0 Å². The second kappa shape index (κ2) is 408. The zero-order valence-corrected chi connectivity index (χ0v) is 32.0. The van der Waals surface area contributed by atoms with Crippen LogP contribution in [0.5, 0.6) is 0 Å². The van der Waals surface area contributed by atoms with Gasteiger partial charge in [-0.3, -0.25) is 0 Å². The van der Waals surface area contributed by atoms with Crippen LogP contribution in [0.15, 0.2) is 165 Å². The van der Waals surface area contributed by atoms with Crippen LogP contribution in [0, 0.1) is 0 Å². The van der Waals surface area contributed by atoms with Crippen LogP contribution in [-0.4, -0.2) is 23.4 Å². The smallest absolute Gasteiger partial charge is 0.0662 e. The Kier molecular flexibility index (Phi) is 854. The summed E-state index contributed by atoms with van der Waals surface area (Å²) >= 11 is 0. The highest BCUT2D eigenvalue weighted by Crippen LogP contribution is 1.42. The van der Waals surface area contributed by atoms with E-state index in [-0.39, 0.29) is 13.2 Å². The van der Waals surface area contributed by atoms with E-state index in [0.29, 0.717) is 0 Å². The first-order valence-corrected chi connectivity index (χ1v) is 13.9. The average Bonchev–Trinajstić information content (AvgIpc) is 2.90. The van der Waals surface area contributed by atoms with E-state index in [9.17, 15) is 0 Å². The lowest BCUT2D eigenvalue weighted by Gasteiger charge is -1.70. The van der Waals surface area contributed by atoms with Gasteiger partial charge in [0.1, 0.15) is 0 Å². The van der Waals surface area contributed by atoms with Crippen molar-refractivity contribution in [3.63, 3.8) is 0 Å². The molecule has 2 nitrogen and oxygen atoms in total. The van der Waals surface area contributed by atoms with Gasteiger partial charge in [0, 0.05) is 0 Å². The lowest BCUT2D eigenvalue weighted by Crippen LogP contribution is -1.85. The molecule has 260 valence electrons. The lowest BCUT2D eigenvalue weighted by atomic mass is 10.8. The molecule has 0 unspecified atom stereocenters. The van der Waals surface area contributed by atoms with Crippen molar-refractivity contribution in [1.82, 2.24) is 0 Å². The van der Waals surface area contributed by atoms with Crippen LogP contribution in [0.1, 0.15) is 90.0 Å². The van der Waals surface area contributed by atoms with E-state index in [4.69, 9.17) is 10.2 Å². The molecule has 0 atom stereocenters. The third kappa shape index (κ3) is 8500. The number of aliphatic hydroxyl groups excluding tert-OH is 2. The Labute approximate surface area is 277 Å². The molecule has 0 aliphatic carbocycles. The summed E-state index contributed by atoms with van der Waals surface area (Å²) in [4.78, 5) is 0. The van der Waals surface area contributed by atoms with Gasteiger partial charge in [0.2, 0.25) is 0 Å². The summed E-state index contributed by atoms with van der Waals surface area (Å²) in [6.45, 7) is 68.0. The van der Waals surface area contributed by atoms with Gasteiger partial charge < -0.3 is 10.2 Å². The van der Waals surface area contributed by atoms with Gasteiger partial charge in [0.25, 0.3) is 0 Å². The van der Waals surface area contributed by atoms with Crippen molar-refractivity contribution in [3.05, 3.63) is 165 Å². The summed E-state index contributed by atoms with van der Waals surface area (Å²) in [6.07, 6.45) is 22.8. The van der Waals surface area contributed by atoms with E-state index in [1.807, 2.05) is 90.0 Å². The molecule has 0 aromatic carbocycles. The maximum absolute atomic E-state index is 7.62. The fraction of sp³-hybridized carbons (Fsp3) is 0.366.